The Morgan fingerprint density at radius 3 is 1.25 bits per heavy atom. The van der Waals surface area contributed by atoms with Crippen LogP contribution in [0.15, 0.2) is 146 Å². The third kappa shape index (κ3) is 10.4. The van der Waals surface area contributed by atoms with E-state index in [1.165, 1.54) is 23.8 Å². The van der Waals surface area contributed by atoms with Gasteiger partial charge in [0, 0.05) is 35.4 Å². The normalized spacial score (nSPS) is 11.4. The predicted octanol–water partition coefficient (Wildman–Crippen LogP) is 15.7. The van der Waals surface area contributed by atoms with Crippen LogP contribution in [0.3, 0.4) is 0 Å². The molecule has 0 aliphatic rings. The summed E-state index contributed by atoms with van der Waals surface area (Å²) < 4.78 is 15.9. The summed E-state index contributed by atoms with van der Waals surface area (Å²) in [6, 6.07) is 56.3. The Labute approximate surface area is 444 Å². The first-order valence-corrected chi connectivity index (χ1v) is 23.7. The summed E-state index contributed by atoms with van der Waals surface area (Å²) in [6.07, 6.45) is 6.59. The number of benzene rings is 6. The molecule has 0 radical (unpaired) electrons. The minimum atomic E-state index is 0. The first kappa shape index (κ1) is 50.8. The van der Waals surface area contributed by atoms with Crippen molar-refractivity contribution >= 4 is 21.8 Å². The molecule has 0 fully saturated rings. The van der Waals surface area contributed by atoms with Gasteiger partial charge in [-0.25, -0.2) is 15.0 Å². The van der Waals surface area contributed by atoms with E-state index in [9.17, 15) is 0 Å². The van der Waals surface area contributed by atoms with Crippen LogP contribution in [0.5, 0.6) is 23.0 Å². The van der Waals surface area contributed by atoms with Gasteiger partial charge in [-0.05, 0) is 58.3 Å². The molecule has 0 amide bonds. The predicted molar refractivity (Wildman–Crippen MR) is 276 cm³/mol. The zero-order chi connectivity index (χ0) is 47.8. The van der Waals surface area contributed by atoms with Crippen molar-refractivity contribution in [3.8, 4) is 73.7 Å². The quantitative estimate of drug-likeness (QED) is 0.0839. The van der Waals surface area contributed by atoms with E-state index in [1.807, 2.05) is 53.1 Å². The second-order valence-electron chi connectivity index (χ2n) is 18.6. The van der Waals surface area contributed by atoms with Crippen molar-refractivity contribution in [3.05, 3.63) is 193 Å². The van der Waals surface area contributed by atoms with Gasteiger partial charge in [0.05, 0.1) is 0 Å². The molecule has 0 aliphatic carbocycles. The molecule has 0 atom stereocenters. The Bertz CT molecular complexity index is 3230. The average Bonchev–Trinajstić information content (AvgIpc) is 3.69. The topological polar surface area (TPSA) is 87.8 Å². The van der Waals surface area contributed by atoms with Gasteiger partial charge in [0.1, 0.15) is 12.7 Å². The average molecular weight is 1200 g/mol. The van der Waals surface area contributed by atoms with Crippen LogP contribution in [-0.2, 0) is 41.5 Å². The number of aromatic nitrogens is 6. The summed E-state index contributed by atoms with van der Waals surface area (Å²) in [5, 5.41) is 1.83. The van der Waals surface area contributed by atoms with Crippen molar-refractivity contribution in [1.29, 1.82) is 0 Å². The summed E-state index contributed by atoms with van der Waals surface area (Å²) in [5.74, 6) is 3.70. The van der Waals surface area contributed by atoms with Crippen molar-refractivity contribution in [2.24, 2.45) is 0 Å². The van der Waals surface area contributed by atoms with Crippen LogP contribution in [-0.4, -0.2) is 29.5 Å². The Morgan fingerprint density at radius 1 is 0.465 bits per heavy atom. The van der Waals surface area contributed by atoms with E-state index in [-0.39, 0.29) is 53.3 Å². The smallest absolute Gasteiger partial charge is 0.502 e. The number of fused-ring (bicyclic) bond motifs is 3. The molecular formula is C61H52N6O2PdPt. The molecule has 4 aromatic heterocycles. The van der Waals surface area contributed by atoms with E-state index in [2.05, 4.69) is 167 Å². The Balaban J connectivity index is 0.00000338. The zero-order valence-corrected chi connectivity index (χ0v) is 44.6. The van der Waals surface area contributed by atoms with E-state index in [0.29, 0.717) is 51.8 Å². The fourth-order valence-electron chi connectivity index (χ4n) is 8.92. The van der Waals surface area contributed by atoms with Crippen LogP contribution < -0.4 is 9.47 Å². The van der Waals surface area contributed by atoms with Crippen LogP contribution in [0.1, 0.15) is 101 Å². The Morgan fingerprint density at radius 2 is 0.887 bits per heavy atom. The number of nitrogens with zero attached hydrogens (tertiary/aromatic N) is 6. The summed E-state index contributed by atoms with van der Waals surface area (Å²) in [4.78, 5) is 22.8. The number of hydrogen-bond acceptors (Lipinski definition) is 7. The molecule has 0 saturated heterocycles. The van der Waals surface area contributed by atoms with Crippen molar-refractivity contribution in [3.63, 3.8) is 0 Å². The fraction of sp³-hybridized carbons (Fsp3) is 0.197. The van der Waals surface area contributed by atoms with E-state index < -0.39 is 0 Å². The van der Waals surface area contributed by atoms with Gasteiger partial charge in [0.2, 0.25) is 5.95 Å². The van der Waals surface area contributed by atoms with Crippen LogP contribution in [0.4, 0.5) is 0 Å². The maximum absolute atomic E-state index is 7.00. The van der Waals surface area contributed by atoms with E-state index in [4.69, 9.17) is 19.4 Å². The molecule has 0 spiro atoms. The van der Waals surface area contributed by atoms with Crippen molar-refractivity contribution in [1.82, 2.24) is 29.5 Å². The summed E-state index contributed by atoms with van der Waals surface area (Å²) >= 11 is 0. The van der Waals surface area contributed by atoms with Crippen LogP contribution in [0.2, 0.25) is 0 Å². The molecule has 0 unspecified atom stereocenters. The maximum Gasteiger partial charge on any atom is 2.00 e. The summed E-state index contributed by atoms with van der Waals surface area (Å²) in [6.45, 7) is 17.7. The van der Waals surface area contributed by atoms with E-state index in [0.717, 1.165) is 66.7 Å². The van der Waals surface area contributed by atoms with Crippen LogP contribution in [0.25, 0.3) is 72.5 Å². The number of rotatable bonds is 13. The second-order valence-corrected chi connectivity index (χ2v) is 18.6. The fourth-order valence-corrected chi connectivity index (χ4v) is 8.92. The van der Waals surface area contributed by atoms with Gasteiger partial charge < -0.3 is 24.0 Å². The SMILES string of the molecule is CC(C)c1ccc(-c2c(Oc3[c-]c4c(cc3)c3ccc(Oc5[c-]c(-c6ccccn6)cc(C(C)C)c5-c5ccc(C(C)C)cc5)[c-]c3n4-c3ncncn3)[c-]c(-c3ccccn3)cc2C(C)C)cc1.[Pd+2].[Pt+2]. The van der Waals surface area contributed by atoms with E-state index >= 15 is 0 Å². The molecule has 4 heterocycles. The molecule has 10 aromatic rings. The monoisotopic (exact) mass is 1200 g/mol. The van der Waals surface area contributed by atoms with Crippen LogP contribution >= 0.6 is 0 Å². The second kappa shape index (κ2) is 21.8. The molecule has 71 heavy (non-hydrogen) atoms. The van der Waals surface area contributed by atoms with Gasteiger partial charge in [-0.2, -0.15) is 22.9 Å². The Hall–Kier alpha value is -6.62. The molecule has 0 N–H and O–H groups in total. The van der Waals surface area contributed by atoms with Gasteiger partial charge in [-0.1, -0.05) is 174 Å². The zero-order valence-electron chi connectivity index (χ0n) is 40.8. The Kier molecular flexibility index (Phi) is 15.6. The summed E-state index contributed by atoms with van der Waals surface area (Å²) in [5.41, 5.74) is 13.5. The van der Waals surface area contributed by atoms with Gasteiger partial charge in [-0.3, -0.25) is 0 Å². The van der Waals surface area contributed by atoms with Crippen molar-refractivity contribution in [2.75, 3.05) is 0 Å². The third-order valence-electron chi connectivity index (χ3n) is 12.6. The third-order valence-corrected chi connectivity index (χ3v) is 12.6. The molecule has 8 nitrogen and oxygen atoms in total. The minimum absolute atomic E-state index is 0. The molecule has 10 rings (SSSR count). The minimum Gasteiger partial charge on any atom is -0.502 e. The van der Waals surface area contributed by atoms with Gasteiger partial charge in [0.25, 0.3) is 0 Å². The van der Waals surface area contributed by atoms with E-state index in [1.54, 1.807) is 12.4 Å². The first-order chi connectivity index (χ1) is 33.5. The molecule has 6 aromatic carbocycles. The first-order valence-electron chi connectivity index (χ1n) is 23.7. The molecule has 358 valence electrons. The molecule has 0 saturated carbocycles. The number of hydrogen-bond donors (Lipinski definition) is 0. The van der Waals surface area contributed by atoms with Crippen LogP contribution in [0, 0.1) is 24.3 Å². The van der Waals surface area contributed by atoms with Crippen molar-refractivity contribution in [2.45, 2.75) is 79.1 Å². The van der Waals surface area contributed by atoms with Gasteiger partial charge in [0.15, 0.2) is 0 Å². The van der Waals surface area contributed by atoms with Gasteiger partial charge >= 0.3 is 41.5 Å². The number of pyridine rings is 2. The molecule has 10 heteroatoms. The molecular weight excluding hydrogens is 1150 g/mol. The molecule has 0 bridgehead atoms. The van der Waals surface area contributed by atoms with Crippen molar-refractivity contribution < 1.29 is 51.0 Å². The van der Waals surface area contributed by atoms with Gasteiger partial charge in [-0.15, -0.1) is 58.7 Å². The summed E-state index contributed by atoms with van der Waals surface area (Å²) in [7, 11) is 0. The molecule has 0 aliphatic heterocycles. The number of ether oxygens (including phenoxy) is 2. The maximum atomic E-state index is 7.00. The largest absolute Gasteiger partial charge is 2.00 e. The standard InChI is InChI=1S/C61H52N6O2.Pd.Pt/c1-37(2)41-15-19-43(20-16-41)59-51(39(5)6)29-45(53-13-9-11-27-63-53)31-57(59)68-47-23-25-49-50-26-24-48(34-56(50)67(55(49)33-47)61-65-35-62-36-66-61)69-58-32-46(54-14-10-12-28-64-54)30-52(40(7)8)60(58)44-21-17-42(18-22-44)38(3)4;;/h9-30,35-40H,1-8H3;;/q-4;2*+2.